The molecule has 2 aromatic rings. The number of thiophene rings is 1. The molecule has 6 nitrogen and oxygen atoms in total. The van der Waals surface area contributed by atoms with E-state index < -0.39 is 10.0 Å². The van der Waals surface area contributed by atoms with E-state index in [1.54, 1.807) is 30.4 Å². The van der Waals surface area contributed by atoms with Crippen molar-refractivity contribution in [3.8, 4) is 5.75 Å². The van der Waals surface area contributed by atoms with E-state index in [-0.39, 0.29) is 16.6 Å². The molecule has 0 radical (unpaired) electrons. The first-order valence-corrected chi connectivity index (χ1v) is 10.7. The summed E-state index contributed by atoms with van der Waals surface area (Å²) < 4.78 is 31.6. The molecule has 142 valence electrons. The van der Waals surface area contributed by atoms with Crippen LogP contribution in [0.2, 0.25) is 0 Å². The normalized spacial score (nSPS) is 11.5. The summed E-state index contributed by atoms with van der Waals surface area (Å²) in [6.07, 6.45) is 1.97. The highest BCUT2D eigenvalue weighted by molar-refractivity contribution is 7.89. The molecule has 0 saturated carbocycles. The van der Waals surface area contributed by atoms with Crippen molar-refractivity contribution < 1.29 is 17.9 Å². The lowest BCUT2D eigenvalue weighted by Gasteiger charge is -2.16. The van der Waals surface area contributed by atoms with Gasteiger partial charge in [-0.05, 0) is 49.4 Å². The molecule has 1 amide bonds. The Morgan fingerprint density at radius 1 is 1.27 bits per heavy atom. The molecule has 1 aromatic carbocycles. The minimum absolute atomic E-state index is 0.0423. The predicted molar refractivity (Wildman–Crippen MR) is 104 cm³/mol. The Kier molecular flexibility index (Phi) is 7.19. The fourth-order valence-corrected chi connectivity index (χ4v) is 4.16. The summed E-state index contributed by atoms with van der Waals surface area (Å²) in [6.45, 7) is 2.14. The monoisotopic (exact) mass is 396 g/mol. The second kappa shape index (κ2) is 9.16. The zero-order valence-corrected chi connectivity index (χ0v) is 16.8. The Bertz CT molecular complexity index is 831. The minimum atomic E-state index is -3.68. The molecule has 1 aromatic heterocycles. The van der Waals surface area contributed by atoms with Crippen molar-refractivity contribution in [1.82, 2.24) is 4.31 Å². The zero-order valence-electron chi connectivity index (χ0n) is 15.2. The molecule has 0 bridgehead atoms. The Morgan fingerprint density at radius 3 is 2.65 bits per heavy atom. The van der Waals surface area contributed by atoms with E-state index in [2.05, 4.69) is 5.32 Å². The van der Waals surface area contributed by atoms with Crippen LogP contribution in [-0.4, -0.2) is 39.3 Å². The lowest BCUT2D eigenvalue weighted by atomic mass is 10.2. The maximum absolute atomic E-state index is 12.5. The maximum Gasteiger partial charge on any atom is 0.246 e. The van der Waals surface area contributed by atoms with Gasteiger partial charge in [0.15, 0.2) is 0 Å². The van der Waals surface area contributed by atoms with Gasteiger partial charge in [0, 0.05) is 31.1 Å². The molecule has 1 heterocycles. The van der Waals surface area contributed by atoms with Crippen molar-refractivity contribution in [2.24, 2.45) is 0 Å². The van der Waals surface area contributed by atoms with E-state index in [0.717, 1.165) is 17.1 Å². The number of nitrogens with one attached hydrogen (secondary N) is 1. The summed E-state index contributed by atoms with van der Waals surface area (Å²) in [6, 6.07) is 8.70. The topological polar surface area (TPSA) is 75.7 Å². The van der Waals surface area contributed by atoms with Crippen LogP contribution in [0.15, 0.2) is 40.6 Å². The number of benzene rings is 1. The second-order valence-electron chi connectivity index (χ2n) is 5.86. The van der Waals surface area contributed by atoms with Crippen LogP contribution in [0.4, 0.5) is 5.69 Å². The summed E-state index contributed by atoms with van der Waals surface area (Å²) >= 11 is 1.68. The molecule has 8 heteroatoms. The molecule has 26 heavy (non-hydrogen) atoms. The molecule has 0 saturated heterocycles. The Labute approximate surface area is 158 Å². The van der Waals surface area contributed by atoms with Crippen molar-refractivity contribution in [3.63, 3.8) is 0 Å². The number of rotatable bonds is 9. The quantitative estimate of drug-likeness (QED) is 0.705. The van der Waals surface area contributed by atoms with Gasteiger partial charge < -0.3 is 10.1 Å². The zero-order chi connectivity index (χ0) is 19.2. The van der Waals surface area contributed by atoms with Crippen LogP contribution in [0.25, 0.3) is 0 Å². The molecule has 0 aliphatic carbocycles. The lowest BCUT2D eigenvalue weighted by Crippen LogP contribution is -2.23. The largest absolute Gasteiger partial charge is 0.492 e. The van der Waals surface area contributed by atoms with Crippen LogP contribution in [0, 0.1) is 0 Å². The lowest BCUT2D eigenvalue weighted by molar-refractivity contribution is -0.116. The fraction of sp³-hybridized carbons (Fsp3) is 0.389. The van der Waals surface area contributed by atoms with Crippen molar-refractivity contribution in [1.29, 1.82) is 0 Å². The first-order valence-electron chi connectivity index (χ1n) is 8.36. The van der Waals surface area contributed by atoms with Gasteiger partial charge in [0.25, 0.3) is 0 Å². The summed E-state index contributed by atoms with van der Waals surface area (Å²) in [7, 11) is -0.758. The van der Waals surface area contributed by atoms with Crippen molar-refractivity contribution in [2.75, 3.05) is 26.0 Å². The Morgan fingerprint density at radius 2 is 2.04 bits per heavy atom. The number of carbonyl (C=O) groups excluding carboxylic acids is 1. The van der Waals surface area contributed by atoms with Gasteiger partial charge >= 0.3 is 0 Å². The molecular formula is C18H24N2O4S2. The molecule has 0 aliphatic heterocycles. The van der Waals surface area contributed by atoms with Gasteiger partial charge in [0.1, 0.15) is 10.6 Å². The number of carbonyl (C=O) groups is 1. The van der Waals surface area contributed by atoms with Gasteiger partial charge in [-0.25, -0.2) is 12.7 Å². The molecule has 0 spiro atoms. The highest BCUT2D eigenvalue weighted by Gasteiger charge is 2.23. The average molecular weight is 397 g/mol. The van der Waals surface area contributed by atoms with Crippen LogP contribution < -0.4 is 10.1 Å². The summed E-state index contributed by atoms with van der Waals surface area (Å²) in [5.74, 6) is 0.135. The first-order chi connectivity index (χ1) is 12.3. The number of nitrogens with zero attached hydrogens (tertiary/aromatic N) is 1. The van der Waals surface area contributed by atoms with Crippen molar-refractivity contribution in [2.45, 2.75) is 31.1 Å². The molecule has 0 atom stereocenters. The molecule has 0 fully saturated rings. The Balaban J connectivity index is 2.08. The predicted octanol–water partition coefficient (Wildman–Crippen LogP) is 3.36. The number of anilines is 1. The third-order valence-electron chi connectivity index (χ3n) is 3.69. The van der Waals surface area contributed by atoms with E-state index in [1.807, 2.05) is 17.5 Å². The highest BCUT2D eigenvalue weighted by atomic mass is 32.2. The second-order valence-corrected chi connectivity index (χ2v) is 9.02. The third kappa shape index (κ3) is 5.30. The number of ether oxygens (including phenoxy) is 1. The van der Waals surface area contributed by atoms with Crippen molar-refractivity contribution >= 4 is 33.0 Å². The summed E-state index contributed by atoms with van der Waals surface area (Å²) in [4.78, 5) is 13.4. The standard InChI is InChI=1S/C18H24N2O4S2/c1-4-24-16-11-10-14(13-17(16)26(22,23)20(2)3)19-18(21)9-5-7-15-8-6-12-25-15/h6,8,10-13H,4-5,7,9H2,1-3H3,(H,19,21). The summed E-state index contributed by atoms with van der Waals surface area (Å²) in [5.41, 5.74) is 0.440. The Hall–Kier alpha value is -1.90. The van der Waals surface area contributed by atoms with Crippen LogP contribution in [-0.2, 0) is 21.2 Å². The molecule has 0 aliphatic rings. The number of amides is 1. The molecular weight excluding hydrogens is 372 g/mol. The van der Waals surface area contributed by atoms with Gasteiger partial charge in [0.05, 0.1) is 6.61 Å². The van der Waals surface area contributed by atoms with E-state index >= 15 is 0 Å². The van der Waals surface area contributed by atoms with Crippen molar-refractivity contribution in [3.05, 3.63) is 40.6 Å². The number of hydrogen-bond acceptors (Lipinski definition) is 5. The molecule has 2 rings (SSSR count). The van der Waals surface area contributed by atoms with E-state index in [0.29, 0.717) is 18.7 Å². The SMILES string of the molecule is CCOc1ccc(NC(=O)CCCc2cccs2)cc1S(=O)(=O)N(C)C. The molecule has 0 unspecified atom stereocenters. The van der Waals surface area contributed by atoms with E-state index in [4.69, 9.17) is 4.74 Å². The van der Waals surface area contributed by atoms with Gasteiger partial charge in [-0.3, -0.25) is 4.79 Å². The highest BCUT2D eigenvalue weighted by Crippen LogP contribution is 2.29. The number of sulfonamides is 1. The first kappa shape index (κ1) is 20.4. The summed E-state index contributed by atoms with van der Waals surface area (Å²) in [5, 5.41) is 4.78. The molecule has 1 N–H and O–H groups in total. The van der Waals surface area contributed by atoms with Gasteiger partial charge in [-0.1, -0.05) is 6.07 Å². The number of aryl methyl sites for hydroxylation is 1. The minimum Gasteiger partial charge on any atom is -0.492 e. The van der Waals surface area contributed by atoms with Crippen LogP contribution in [0.1, 0.15) is 24.6 Å². The number of hydrogen-bond donors (Lipinski definition) is 1. The van der Waals surface area contributed by atoms with Crippen LogP contribution in [0.5, 0.6) is 5.75 Å². The van der Waals surface area contributed by atoms with Crippen LogP contribution >= 0.6 is 11.3 Å². The van der Waals surface area contributed by atoms with Gasteiger partial charge in [-0.15, -0.1) is 11.3 Å². The van der Waals surface area contributed by atoms with E-state index in [9.17, 15) is 13.2 Å². The van der Waals surface area contributed by atoms with E-state index in [1.165, 1.54) is 25.0 Å². The van der Waals surface area contributed by atoms with Gasteiger partial charge in [0.2, 0.25) is 15.9 Å². The smallest absolute Gasteiger partial charge is 0.246 e. The van der Waals surface area contributed by atoms with Gasteiger partial charge in [-0.2, -0.15) is 0 Å². The fourth-order valence-electron chi connectivity index (χ4n) is 2.36. The average Bonchev–Trinajstić information content (AvgIpc) is 3.09. The van der Waals surface area contributed by atoms with Crippen LogP contribution in [0.3, 0.4) is 0 Å². The third-order valence-corrected chi connectivity index (χ3v) is 6.47. The maximum atomic E-state index is 12.5.